The van der Waals surface area contributed by atoms with Crippen molar-refractivity contribution in [1.29, 1.82) is 0 Å². The maximum absolute atomic E-state index is 12.8. The van der Waals surface area contributed by atoms with Gasteiger partial charge in [-0.1, -0.05) is 12.1 Å². The molecule has 3 heteroatoms. The van der Waals surface area contributed by atoms with Crippen LogP contribution in [0.2, 0.25) is 0 Å². The minimum Gasteiger partial charge on any atom is -0.311 e. The van der Waals surface area contributed by atoms with Gasteiger partial charge in [0.2, 0.25) is 0 Å². The fourth-order valence-corrected chi connectivity index (χ4v) is 1.99. The van der Waals surface area contributed by atoms with Crippen molar-refractivity contribution in [2.24, 2.45) is 5.92 Å². The second kappa shape index (κ2) is 4.95. The van der Waals surface area contributed by atoms with Crippen LogP contribution in [0.3, 0.4) is 0 Å². The van der Waals surface area contributed by atoms with E-state index in [2.05, 4.69) is 5.32 Å². The van der Waals surface area contributed by atoms with Gasteiger partial charge in [-0.05, 0) is 36.5 Å². The van der Waals surface area contributed by atoms with Gasteiger partial charge in [0.1, 0.15) is 5.82 Å². The van der Waals surface area contributed by atoms with Gasteiger partial charge in [0.25, 0.3) is 0 Å². The fraction of sp³-hybridized carbons (Fsp3) is 0.500. The molecular formula is C12H15ClFN. The van der Waals surface area contributed by atoms with Gasteiger partial charge in [0.15, 0.2) is 0 Å². The molecule has 0 spiro atoms. The van der Waals surface area contributed by atoms with Crippen LogP contribution in [0.5, 0.6) is 0 Å². The second-order valence-corrected chi connectivity index (χ2v) is 4.67. The van der Waals surface area contributed by atoms with Crippen molar-refractivity contribution in [3.63, 3.8) is 0 Å². The Balaban J connectivity index is 1.73. The van der Waals surface area contributed by atoms with E-state index in [1.54, 1.807) is 12.1 Å². The van der Waals surface area contributed by atoms with Gasteiger partial charge in [-0.3, -0.25) is 0 Å². The quantitative estimate of drug-likeness (QED) is 0.763. The van der Waals surface area contributed by atoms with Gasteiger partial charge in [-0.2, -0.15) is 0 Å². The highest BCUT2D eigenvalue weighted by molar-refractivity contribution is 6.21. The van der Waals surface area contributed by atoms with E-state index in [4.69, 9.17) is 11.6 Å². The van der Waals surface area contributed by atoms with E-state index in [9.17, 15) is 4.39 Å². The highest BCUT2D eigenvalue weighted by Crippen LogP contribution is 2.35. The molecule has 1 aliphatic carbocycles. The molecular weight excluding hydrogens is 213 g/mol. The second-order valence-electron chi connectivity index (χ2n) is 4.11. The molecule has 0 aromatic heterocycles. The lowest BCUT2D eigenvalue weighted by Crippen LogP contribution is -2.24. The minimum absolute atomic E-state index is 0.182. The monoisotopic (exact) mass is 227 g/mol. The first-order valence-corrected chi connectivity index (χ1v) is 5.78. The van der Waals surface area contributed by atoms with Crippen molar-refractivity contribution in [2.45, 2.75) is 24.8 Å². The third kappa shape index (κ3) is 3.47. The molecule has 1 N–H and O–H groups in total. The summed E-state index contributed by atoms with van der Waals surface area (Å²) in [5, 5.41) is 3.49. The molecule has 0 bridgehead atoms. The molecule has 1 aromatic carbocycles. The number of benzene rings is 1. The Bertz CT molecular complexity index is 325. The van der Waals surface area contributed by atoms with Crippen LogP contribution >= 0.6 is 11.6 Å². The Morgan fingerprint density at radius 2 is 2.27 bits per heavy atom. The summed E-state index contributed by atoms with van der Waals surface area (Å²) in [6.07, 6.45) is 2.52. The van der Waals surface area contributed by atoms with E-state index >= 15 is 0 Å². The van der Waals surface area contributed by atoms with Crippen LogP contribution in [0.4, 0.5) is 4.39 Å². The highest BCUT2D eigenvalue weighted by atomic mass is 35.5. The molecule has 1 aliphatic rings. The van der Waals surface area contributed by atoms with E-state index in [-0.39, 0.29) is 11.2 Å². The first kappa shape index (κ1) is 10.9. The average molecular weight is 228 g/mol. The lowest BCUT2D eigenvalue weighted by Gasteiger charge is -2.09. The van der Waals surface area contributed by atoms with E-state index in [1.165, 1.54) is 18.9 Å². The summed E-state index contributed by atoms with van der Waals surface area (Å²) >= 11 is 6.14. The Labute approximate surface area is 94.6 Å². The van der Waals surface area contributed by atoms with Crippen molar-refractivity contribution in [3.05, 3.63) is 35.6 Å². The van der Waals surface area contributed by atoms with Crippen LogP contribution < -0.4 is 5.32 Å². The molecule has 1 saturated carbocycles. The van der Waals surface area contributed by atoms with Crippen LogP contribution in [0.25, 0.3) is 0 Å². The first-order chi connectivity index (χ1) is 7.25. The number of nitrogens with one attached hydrogen (secondary N) is 1. The molecule has 1 fully saturated rings. The summed E-state index contributed by atoms with van der Waals surface area (Å²) in [4.78, 5) is 0. The van der Waals surface area contributed by atoms with E-state index < -0.39 is 0 Å². The summed E-state index contributed by atoms with van der Waals surface area (Å²) in [6, 6.07) is 6.65. The van der Waals surface area contributed by atoms with Gasteiger partial charge in [0, 0.05) is 18.5 Å². The minimum atomic E-state index is -0.182. The van der Waals surface area contributed by atoms with Crippen LogP contribution in [0.1, 0.15) is 18.4 Å². The summed E-state index contributed by atoms with van der Waals surface area (Å²) < 4.78 is 12.8. The van der Waals surface area contributed by atoms with Crippen molar-refractivity contribution >= 4 is 11.6 Å². The number of hydrogen-bond donors (Lipinski definition) is 1. The number of alkyl halides is 1. The number of halogens is 2. The smallest absolute Gasteiger partial charge is 0.123 e. The van der Waals surface area contributed by atoms with Gasteiger partial charge < -0.3 is 5.32 Å². The molecule has 2 rings (SSSR count). The van der Waals surface area contributed by atoms with Gasteiger partial charge in [-0.15, -0.1) is 11.6 Å². The predicted molar refractivity (Wildman–Crippen MR) is 60.5 cm³/mol. The highest BCUT2D eigenvalue weighted by Gasteiger charge is 2.28. The Hall–Kier alpha value is -0.600. The molecule has 1 unspecified atom stereocenters. The maximum Gasteiger partial charge on any atom is 0.123 e. The third-order valence-corrected chi connectivity index (χ3v) is 3.20. The van der Waals surface area contributed by atoms with Crippen LogP contribution in [-0.4, -0.2) is 11.9 Å². The predicted octanol–water partition coefficient (Wildman–Crippen LogP) is 2.93. The van der Waals surface area contributed by atoms with Crippen molar-refractivity contribution in [1.82, 2.24) is 5.32 Å². The van der Waals surface area contributed by atoms with Crippen LogP contribution in [-0.2, 0) is 6.54 Å². The van der Waals surface area contributed by atoms with Crippen molar-refractivity contribution in [3.8, 4) is 0 Å². The van der Waals surface area contributed by atoms with Gasteiger partial charge >= 0.3 is 0 Å². The van der Waals surface area contributed by atoms with E-state index in [0.29, 0.717) is 12.5 Å². The zero-order chi connectivity index (χ0) is 10.7. The van der Waals surface area contributed by atoms with Crippen LogP contribution in [0, 0.1) is 11.7 Å². The molecule has 1 atom stereocenters. The summed E-state index contributed by atoms with van der Waals surface area (Å²) in [6.45, 7) is 1.50. The Morgan fingerprint density at radius 3 is 2.93 bits per heavy atom. The Kier molecular flexibility index (Phi) is 3.60. The molecule has 0 saturated heterocycles. The third-order valence-electron chi connectivity index (χ3n) is 2.69. The molecule has 1 aromatic rings. The largest absolute Gasteiger partial charge is 0.311 e. The van der Waals surface area contributed by atoms with Crippen molar-refractivity contribution < 1.29 is 4.39 Å². The normalized spacial score (nSPS) is 17.7. The summed E-state index contributed by atoms with van der Waals surface area (Å²) in [5.41, 5.74) is 0.967. The Morgan fingerprint density at radius 1 is 1.47 bits per heavy atom. The van der Waals surface area contributed by atoms with Gasteiger partial charge in [0.05, 0.1) is 0 Å². The topological polar surface area (TPSA) is 12.0 Å². The van der Waals surface area contributed by atoms with Gasteiger partial charge in [-0.25, -0.2) is 4.39 Å². The average Bonchev–Trinajstić information content (AvgIpc) is 3.00. The maximum atomic E-state index is 12.8. The molecule has 15 heavy (non-hydrogen) atoms. The standard InChI is InChI=1S/C12H15ClFN/c13-12(10-4-5-10)8-15-7-9-2-1-3-11(14)6-9/h1-3,6,10,12,15H,4-5,7-8H2. The lowest BCUT2D eigenvalue weighted by atomic mass is 10.2. The molecule has 82 valence electrons. The first-order valence-electron chi connectivity index (χ1n) is 5.35. The molecule has 0 radical (unpaired) electrons. The number of rotatable bonds is 5. The van der Waals surface area contributed by atoms with Crippen LogP contribution in [0.15, 0.2) is 24.3 Å². The molecule has 1 nitrogen and oxygen atoms in total. The van der Waals surface area contributed by atoms with Crippen molar-refractivity contribution in [2.75, 3.05) is 6.54 Å². The molecule has 0 heterocycles. The zero-order valence-corrected chi connectivity index (χ0v) is 9.30. The molecule has 0 aliphatic heterocycles. The summed E-state index contributed by atoms with van der Waals surface area (Å²) in [5.74, 6) is 0.519. The summed E-state index contributed by atoms with van der Waals surface area (Å²) in [7, 11) is 0. The lowest BCUT2D eigenvalue weighted by molar-refractivity contribution is 0.606. The zero-order valence-electron chi connectivity index (χ0n) is 8.55. The number of hydrogen-bond acceptors (Lipinski definition) is 1. The molecule has 0 amide bonds. The van der Waals surface area contributed by atoms with E-state index in [0.717, 1.165) is 12.1 Å². The van der Waals surface area contributed by atoms with E-state index in [1.807, 2.05) is 6.07 Å². The fourth-order valence-electron chi connectivity index (χ4n) is 1.63. The SMILES string of the molecule is Fc1cccc(CNCC(Cl)C2CC2)c1.